The molecule has 0 bridgehead atoms. The monoisotopic (exact) mass is 504 g/mol. The van der Waals surface area contributed by atoms with Crippen molar-refractivity contribution < 1.29 is 45.7 Å². The minimum absolute atomic E-state index is 0. The van der Waals surface area contributed by atoms with Crippen molar-refractivity contribution >= 4 is 45.7 Å². The summed E-state index contributed by atoms with van der Waals surface area (Å²) in [7, 11) is -8.79. The van der Waals surface area contributed by atoms with Gasteiger partial charge in [0.15, 0.2) is 0 Å². The molecule has 2 rings (SSSR count). The van der Waals surface area contributed by atoms with Gasteiger partial charge in [0, 0.05) is 36.6 Å². The predicted molar refractivity (Wildman–Crippen MR) is 106 cm³/mol. The Hall–Kier alpha value is -2.55. The van der Waals surface area contributed by atoms with E-state index in [1.165, 1.54) is 0 Å². The molecule has 0 fully saturated rings. The fourth-order valence-corrected chi connectivity index (χ4v) is 2.69. The van der Waals surface area contributed by atoms with Crippen molar-refractivity contribution in [2.45, 2.75) is 35.2 Å². The van der Waals surface area contributed by atoms with Crippen LogP contribution in [0.25, 0.3) is 0 Å². The molecule has 0 amide bonds. The maximum atomic E-state index is 10.6. The number of carboxylic acid groups (broad SMARTS) is 2. The Labute approximate surface area is 182 Å². The average Bonchev–Trinajstić information content (AvgIpc) is 3.23. The molecule has 0 aromatic carbocycles. The molecule has 2 atom stereocenters. The molecule has 176 valence electrons. The Bertz CT molecular complexity index is 1020. The first-order chi connectivity index (χ1) is 13.6. The van der Waals surface area contributed by atoms with Crippen molar-refractivity contribution in [2.24, 2.45) is 11.5 Å². The number of nitrogens with one attached hydrogen (secondary N) is 2. The molecule has 0 unspecified atom stereocenters. The molecule has 19 heteroatoms. The first-order valence-electron chi connectivity index (χ1n) is 7.60. The normalized spacial score (nSPS) is 13.3. The number of aromatic nitrogens is 4. The number of hydrogen-bond donors (Lipinski definition) is 8. The molecule has 16 nitrogen and oxygen atoms in total. The highest BCUT2D eigenvalue weighted by molar-refractivity contribution is 7.85. The molecule has 10 N–H and O–H groups in total. The molecule has 2 heterocycles. The summed E-state index contributed by atoms with van der Waals surface area (Å²) in [6.07, 6.45) is 2.01. The van der Waals surface area contributed by atoms with Gasteiger partial charge in [-0.15, -0.1) is 0 Å². The number of H-pyrrole nitrogens is 2. The second kappa shape index (κ2) is 11.2. The van der Waals surface area contributed by atoms with E-state index in [4.69, 9.17) is 30.8 Å². The topological polar surface area (TPSA) is 293 Å². The minimum Gasteiger partial charge on any atom is -0.480 e. The van der Waals surface area contributed by atoms with Crippen molar-refractivity contribution in [1.29, 1.82) is 0 Å². The lowest BCUT2D eigenvalue weighted by atomic mass is 10.2. The largest absolute Gasteiger partial charge is 0.480 e. The van der Waals surface area contributed by atoms with Crippen LogP contribution in [0.5, 0.6) is 0 Å². The van der Waals surface area contributed by atoms with E-state index in [1.54, 1.807) is 0 Å². The lowest BCUT2D eigenvalue weighted by Gasteiger charge is -2.02. The summed E-state index contributed by atoms with van der Waals surface area (Å²) in [5, 5.41) is 15.7. The van der Waals surface area contributed by atoms with Crippen LogP contribution in [0.1, 0.15) is 11.4 Å². The van der Waals surface area contributed by atoms with Crippen LogP contribution < -0.4 is 11.5 Å². The molecule has 2 aromatic rings. The highest BCUT2D eigenvalue weighted by atomic mass is 32.2. The van der Waals surface area contributed by atoms with Crippen molar-refractivity contribution in [2.75, 3.05) is 0 Å². The number of nitrogens with zero attached hydrogens (tertiary/aromatic N) is 2. The zero-order chi connectivity index (χ0) is 23.3. The van der Waals surface area contributed by atoms with Gasteiger partial charge >= 0.3 is 32.2 Å². The van der Waals surface area contributed by atoms with Gasteiger partial charge in [0.25, 0.3) is 10.3 Å². The van der Waals surface area contributed by atoms with Crippen LogP contribution in [-0.2, 0) is 42.7 Å². The van der Waals surface area contributed by atoms with E-state index in [2.05, 4.69) is 19.9 Å². The van der Waals surface area contributed by atoms with Gasteiger partial charge in [0.2, 0.25) is 0 Å². The molecular formula is C12H20N6O10S3. The second-order valence-electron chi connectivity index (χ2n) is 5.68. The molecule has 0 radical (unpaired) electrons. The minimum atomic E-state index is -4.39. The van der Waals surface area contributed by atoms with E-state index in [1.807, 2.05) is 0 Å². The van der Waals surface area contributed by atoms with E-state index < -0.39 is 54.6 Å². The van der Waals surface area contributed by atoms with E-state index in [0.29, 0.717) is 0 Å². The summed E-state index contributed by atoms with van der Waals surface area (Å²) in [4.78, 5) is 32.0. The molecule has 31 heavy (non-hydrogen) atoms. The number of imidazole rings is 2. The maximum Gasteiger partial charge on any atom is 0.328 e. The van der Waals surface area contributed by atoms with Crippen molar-refractivity contribution in [3.63, 3.8) is 0 Å². The molecule has 0 aliphatic rings. The summed E-state index contributed by atoms with van der Waals surface area (Å²) < 4.78 is 59.5. The van der Waals surface area contributed by atoms with Crippen molar-refractivity contribution in [3.05, 3.63) is 23.8 Å². The number of nitrogens with two attached hydrogens (primary N) is 2. The van der Waals surface area contributed by atoms with Crippen LogP contribution in [0.4, 0.5) is 0 Å². The van der Waals surface area contributed by atoms with Crippen LogP contribution in [0, 0.1) is 0 Å². The van der Waals surface area contributed by atoms with Gasteiger partial charge in [-0.2, -0.15) is 30.3 Å². The van der Waals surface area contributed by atoms with E-state index >= 15 is 0 Å². The van der Waals surface area contributed by atoms with Crippen LogP contribution in [0.15, 0.2) is 22.7 Å². The Balaban J connectivity index is 0.000000562. The summed E-state index contributed by atoms with van der Waals surface area (Å²) in [5.41, 5.74) is 10.9. The van der Waals surface area contributed by atoms with E-state index in [9.17, 15) is 26.4 Å². The quantitative estimate of drug-likeness (QED) is 0.170. The van der Waals surface area contributed by atoms with Crippen LogP contribution >= 0.6 is 13.5 Å². The van der Waals surface area contributed by atoms with Gasteiger partial charge in [0.05, 0.1) is 0 Å². The van der Waals surface area contributed by atoms with Crippen molar-refractivity contribution in [1.82, 2.24) is 19.9 Å². The molecule has 0 aliphatic heterocycles. The molecule has 2 aromatic heterocycles. The summed E-state index contributed by atoms with van der Waals surface area (Å²) in [6.45, 7) is 0. The molecule has 0 aliphatic carbocycles. The second-order valence-corrected chi connectivity index (χ2v) is 8.35. The fourth-order valence-electron chi connectivity index (χ4n) is 1.80. The Morgan fingerprint density at radius 2 is 1.13 bits per heavy atom. The van der Waals surface area contributed by atoms with Gasteiger partial charge in [0.1, 0.15) is 12.1 Å². The molecule has 0 saturated carbocycles. The van der Waals surface area contributed by atoms with Crippen LogP contribution in [0.3, 0.4) is 0 Å². The Morgan fingerprint density at radius 1 is 0.839 bits per heavy atom. The Kier molecular flexibility index (Phi) is 10.3. The molecule has 0 spiro atoms. The van der Waals surface area contributed by atoms with Gasteiger partial charge in [-0.3, -0.25) is 18.7 Å². The van der Waals surface area contributed by atoms with Gasteiger partial charge in [-0.05, 0) is 0 Å². The lowest BCUT2D eigenvalue weighted by Crippen LogP contribution is -2.32. The van der Waals surface area contributed by atoms with E-state index in [0.717, 1.165) is 12.4 Å². The third kappa shape index (κ3) is 9.42. The number of carboxylic acids is 2. The zero-order valence-corrected chi connectivity index (χ0v) is 18.0. The number of aliphatic carboxylic acids is 2. The number of rotatable bonds is 8. The van der Waals surface area contributed by atoms with Crippen LogP contribution in [0.2, 0.25) is 0 Å². The van der Waals surface area contributed by atoms with Gasteiger partial charge in [-0.25, -0.2) is 9.97 Å². The molecule has 0 saturated heterocycles. The first kappa shape index (κ1) is 28.5. The smallest absolute Gasteiger partial charge is 0.328 e. The summed E-state index contributed by atoms with van der Waals surface area (Å²) in [6, 6.07) is -2.31. The number of carbonyl (C=O) groups is 2. The third-order valence-corrected chi connectivity index (χ3v) is 4.61. The zero-order valence-electron chi connectivity index (χ0n) is 15.3. The highest BCUT2D eigenvalue weighted by Crippen LogP contribution is 2.06. The lowest BCUT2D eigenvalue weighted by molar-refractivity contribution is -0.139. The summed E-state index contributed by atoms with van der Waals surface area (Å²) in [5.74, 6) is -2.42. The van der Waals surface area contributed by atoms with Crippen molar-refractivity contribution in [3.8, 4) is 0 Å². The number of aromatic amines is 2. The first-order valence-corrected chi connectivity index (χ1v) is 10.5. The molecular weight excluding hydrogens is 484 g/mol. The van der Waals surface area contributed by atoms with E-state index in [-0.39, 0.29) is 37.7 Å². The van der Waals surface area contributed by atoms with Gasteiger partial charge in [-0.1, -0.05) is 0 Å². The predicted octanol–water partition coefficient (Wildman–Crippen LogP) is -2.67. The maximum absolute atomic E-state index is 10.6. The van der Waals surface area contributed by atoms with Crippen LogP contribution in [-0.4, -0.2) is 80.1 Å². The fraction of sp³-hybridized carbons (Fsp3) is 0.333. The standard InChI is InChI=1S/2C6H9N3O5S.H2S/c2*7-4(5(10)11)1-3-2-8-6(9-3)15(12,13)14;/h2*2,4H,1,7H2,(H,8,9)(H,10,11)(H,12,13,14);1H2/t2*4-;/m00./s1. The Morgan fingerprint density at radius 3 is 1.32 bits per heavy atom. The summed E-state index contributed by atoms with van der Waals surface area (Å²) >= 11 is 0. The van der Waals surface area contributed by atoms with Gasteiger partial charge < -0.3 is 31.6 Å². The SMILES string of the molecule is N[C@@H](Cc1cnc(S(=O)(=O)O)[nH]1)C(=O)O.N[C@@H](Cc1cnc(S(=O)(=O)O)[nH]1)C(=O)O.S. The highest BCUT2D eigenvalue weighted by Gasteiger charge is 2.18. The third-order valence-electron chi connectivity index (χ3n) is 3.21. The average molecular weight is 505 g/mol. The number of hydrogen-bond acceptors (Lipinski definition) is 10.